The fraction of sp³-hybridized carbons (Fsp3) is 0.519. The van der Waals surface area contributed by atoms with Gasteiger partial charge < -0.3 is 19.5 Å². The minimum atomic E-state index is -0.516. The zero-order valence-electron chi connectivity index (χ0n) is 21.0. The van der Waals surface area contributed by atoms with E-state index in [0.29, 0.717) is 6.61 Å². The summed E-state index contributed by atoms with van der Waals surface area (Å²) in [6.07, 6.45) is 1.48. The Labute approximate surface area is 199 Å². The number of amides is 1. The lowest BCUT2D eigenvalue weighted by Crippen LogP contribution is -2.34. The highest BCUT2D eigenvalue weighted by molar-refractivity contribution is 5.87. The molecule has 0 fully saturated rings. The maximum absolute atomic E-state index is 12.2. The van der Waals surface area contributed by atoms with Gasteiger partial charge in [-0.3, -0.25) is 4.90 Å². The summed E-state index contributed by atoms with van der Waals surface area (Å²) in [6.45, 7) is 12.8. The molecule has 0 heterocycles. The molecule has 1 N–H and O–H groups in total. The highest BCUT2D eigenvalue weighted by Crippen LogP contribution is 2.19. The van der Waals surface area contributed by atoms with E-state index in [9.17, 15) is 4.79 Å². The van der Waals surface area contributed by atoms with E-state index in [4.69, 9.17) is 14.2 Å². The number of rotatable bonds is 12. The predicted octanol–water partition coefficient (Wildman–Crippen LogP) is 5.24. The summed E-state index contributed by atoms with van der Waals surface area (Å²) in [7, 11) is 1.72. The van der Waals surface area contributed by atoms with Gasteiger partial charge in [0.05, 0.1) is 12.7 Å². The number of carbonyl (C=O) groups is 1. The second kappa shape index (κ2) is 13.2. The van der Waals surface area contributed by atoms with Crippen molar-refractivity contribution in [3.05, 3.63) is 59.7 Å². The summed E-state index contributed by atoms with van der Waals surface area (Å²) in [4.78, 5) is 13.7. The first-order valence-electron chi connectivity index (χ1n) is 11.8. The number of benzene rings is 2. The van der Waals surface area contributed by atoms with Gasteiger partial charge in [0.25, 0.3) is 0 Å². The summed E-state index contributed by atoms with van der Waals surface area (Å²) in [5, 5.41) is 3.36. The molecule has 2 aromatic rings. The van der Waals surface area contributed by atoms with Crippen LogP contribution in [0.2, 0.25) is 0 Å². The smallest absolute Gasteiger partial charge is 0.414 e. The molecule has 0 bridgehead atoms. The van der Waals surface area contributed by atoms with Crippen molar-refractivity contribution in [2.45, 2.75) is 59.2 Å². The van der Waals surface area contributed by atoms with Gasteiger partial charge in [-0.2, -0.15) is 0 Å². The van der Waals surface area contributed by atoms with Crippen LogP contribution in [0.15, 0.2) is 48.5 Å². The van der Waals surface area contributed by atoms with Gasteiger partial charge in [-0.05, 0) is 76.1 Å². The van der Waals surface area contributed by atoms with E-state index in [2.05, 4.69) is 24.4 Å². The lowest BCUT2D eigenvalue weighted by atomic mass is 10.1. The number of anilines is 1. The van der Waals surface area contributed by atoms with Crippen LogP contribution in [0.5, 0.6) is 5.75 Å². The van der Waals surface area contributed by atoms with Gasteiger partial charge in [0, 0.05) is 32.3 Å². The third-order valence-corrected chi connectivity index (χ3v) is 5.06. The van der Waals surface area contributed by atoms with Gasteiger partial charge in [-0.25, -0.2) is 4.79 Å². The normalized spacial score (nSPS) is 12.3. The number of nitrogens with zero attached hydrogens (tertiary/aromatic N) is 1. The highest BCUT2D eigenvalue weighted by Gasteiger charge is 2.20. The van der Waals surface area contributed by atoms with Crippen molar-refractivity contribution in [2.75, 3.05) is 38.3 Å². The van der Waals surface area contributed by atoms with Crippen LogP contribution in [0.3, 0.4) is 0 Å². The largest absolute Gasteiger partial charge is 0.493 e. The molecular formula is C27H40N2O4. The fourth-order valence-corrected chi connectivity index (χ4v) is 3.32. The summed E-state index contributed by atoms with van der Waals surface area (Å²) >= 11 is 0. The molecular weight excluding hydrogens is 416 g/mol. The topological polar surface area (TPSA) is 60.0 Å². The van der Waals surface area contributed by atoms with Crippen LogP contribution in [-0.4, -0.2) is 51.1 Å². The van der Waals surface area contributed by atoms with E-state index in [0.717, 1.165) is 49.5 Å². The summed E-state index contributed by atoms with van der Waals surface area (Å²) in [5.74, 6) is 0.861. The average molecular weight is 457 g/mol. The molecule has 0 aliphatic heterocycles. The second-order valence-electron chi connectivity index (χ2n) is 9.04. The quantitative estimate of drug-likeness (QED) is 0.473. The standard InChI is InChI=1S/C27H40N2O4/c1-7-28-20-25(31-8-2)19-22-11-15-24(16-12-22)32-18-17-21-9-13-23(14-10-21)29(6)26(30)33-27(3,4)5/h9-16,25,28H,7-8,17-20H2,1-6H3. The first kappa shape index (κ1) is 26.7. The van der Waals surface area contributed by atoms with E-state index < -0.39 is 5.60 Å². The Morgan fingerprint density at radius 3 is 2.21 bits per heavy atom. The zero-order chi connectivity index (χ0) is 24.3. The molecule has 0 aliphatic rings. The number of nitrogens with one attached hydrogen (secondary N) is 1. The third-order valence-electron chi connectivity index (χ3n) is 5.06. The molecule has 0 aliphatic carbocycles. The summed E-state index contributed by atoms with van der Waals surface area (Å²) in [5.41, 5.74) is 2.67. The van der Waals surface area contributed by atoms with Crippen molar-refractivity contribution in [3.63, 3.8) is 0 Å². The molecule has 0 saturated carbocycles. The van der Waals surface area contributed by atoms with Crippen LogP contribution >= 0.6 is 0 Å². The molecule has 0 radical (unpaired) electrons. The maximum Gasteiger partial charge on any atom is 0.414 e. The van der Waals surface area contributed by atoms with Crippen molar-refractivity contribution < 1.29 is 19.0 Å². The van der Waals surface area contributed by atoms with E-state index in [1.54, 1.807) is 7.05 Å². The zero-order valence-corrected chi connectivity index (χ0v) is 21.0. The first-order chi connectivity index (χ1) is 15.7. The van der Waals surface area contributed by atoms with Crippen molar-refractivity contribution in [1.29, 1.82) is 0 Å². The first-order valence-corrected chi connectivity index (χ1v) is 11.8. The second-order valence-corrected chi connectivity index (χ2v) is 9.04. The Morgan fingerprint density at radius 1 is 1.00 bits per heavy atom. The number of carbonyl (C=O) groups excluding carboxylic acids is 1. The van der Waals surface area contributed by atoms with Crippen molar-refractivity contribution in [2.24, 2.45) is 0 Å². The Kier molecular flexibility index (Phi) is 10.7. The number of likely N-dealkylation sites (N-methyl/N-ethyl adjacent to an activating group) is 1. The Balaban J connectivity index is 1.81. The van der Waals surface area contributed by atoms with Gasteiger partial charge in [0.2, 0.25) is 0 Å². The summed E-state index contributed by atoms with van der Waals surface area (Å²) < 4.78 is 17.2. The predicted molar refractivity (Wildman–Crippen MR) is 134 cm³/mol. The molecule has 0 spiro atoms. The Hall–Kier alpha value is -2.57. The minimum Gasteiger partial charge on any atom is -0.493 e. The Bertz CT molecular complexity index is 829. The molecule has 0 saturated heterocycles. The van der Waals surface area contributed by atoms with Crippen LogP contribution in [0, 0.1) is 0 Å². The highest BCUT2D eigenvalue weighted by atomic mass is 16.6. The lowest BCUT2D eigenvalue weighted by molar-refractivity contribution is 0.0589. The molecule has 2 rings (SSSR count). The summed E-state index contributed by atoms with van der Waals surface area (Å²) in [6, 6.07) is 16.1. The molecule has 182 valence electrons. The fourth-order valence-electron chi connectivity index (χ4n) is 3.32. The molecule has 6 heteroatoms. The number of ether oxygens (including phenoxy) is 3. The van der Waals surface area contributed by atoms with Crippen LogP contribution in [0.1, 0.15) is 45.7 Å². The molecule has 1 atom stereocenters. The van der Waals surface area contributed by atoms with E-state index in [-0.39, 0.29) is 12.2 Å². The molecule has 33 heavy (non-hydrogen) atoms. The van der Waals surface area contributed by atoms with E-state index >= 15 is 0 Å². The van der Waals surface area contributed by atoms with Crippen LogP contribution in [0.25, 0.3) is 0 Å². The van der Waals surface area contributed by atoms with Gasteiger partial charge in [0.15, 0.2) is 0 Å². The molecule has 2 aromatic carbocycles. The maximum atomic E-state index is 12.2. The van der Waals surface area contributed by atoms with Gasteiger partial charge in [0.1, 0.15) is 11.4 Å². The van der Waals surface area contributed by atoms with Gasteiger partial charge >= 0.3 is 6.09 Å². The van der Waals surface area contributed by atoms with Crippen LogP contribution in [0.4, 0.5) is 10.5 Å². The molecule has 6 nitrogen and oxygen atoms in total. The van der Waals surface area contributed by atoms with Gasteiger partial charge in [-0.15, -0.1) is 0 Å². The van der Waals surface area contributed by atoms with Crippen molar-refractivity contribution in [1.82, 2.24) is 5.32 Å². The number of hydrogen-bond donors (Lipinski definition) is 1. The van der Waals surface area contributed by atoms with Crippen LogP contribution in [-0.2, 0) is 22.3 Å². The molecule has 0 aromatic heterocycles. The van der Waals surface area contributed by atoms with Crippen molar-refractivity contribution >= 4 is 11.8 Å². The molecule has 1 amide bonds. The van der Waals surface area contributed by atoms with Crippen molar-refractivity contribution in [3.8, 4) is 5.75 Å². The number of hydrogen-bond acceptors (Lipinski definition) is 5. The third kappa shape index (κ3) is 9.84. The Morgan fingerprint density at radius 2 is 1.64 bits per heavy atom. The lowest BCUT2D eigenvalue weighted by Gasteiger charge is -2.24. The van der Waals surface area contributed by atoms with E-state index in [1.165, 1.54) is 10.5 Å². The van der Waals surface area contributed by atoms with Gasteiger partial charge in [-0.1, -0.05) is 31.2 Å². The van der Waals surface area contributed by atoms with Crippen LogP contribution < -0.4 is 15.0 Å². The average Bonchev–Trinajstić information content (AvgIpc) is 2.77. The monoisotopic (exact) mass is 456 g/mol. The minimum absolute atomic E-state index is 0.180. The van der Waals surface area contributed by atoms with E-state index in [1.807, 2.05) is 64.1 Å². The SMILES string of the molecule is CCNCC(Cc1ccc(OCCc2ccc(N(C)C(=O)OC(C)(C)C)cc2)cc1)OCC. The molecule has 1 unspecified atom stereocenters.